The van der Waals surface area contributed by atoms with Crippen molar-refractivity contribution in [3.8, 4) is 22.9 Å². The minimum atomic E-state index is 0.230. The molecule has 82 valence electrons. The summed E-state index contributed by atoms with van der Waals surface area (Å²) in [7, 11) is 1.51. The monoisotopic (exact) mass is 216 g/mol. The molecule has 2 aromatic rings. The average molecular weight is 216 g/mol. The van der Waals surface area contributed by atoms with Gasteiger partial charge >= 0.3 is 6.01 Å². The number of ether oxygens (including phenoxy) is 1. The first-order valence-electron chi connectivity index (χ1n) is 4.86. The fourth-order valence-electron chi connectivity index (χ4n) is 1.45. The summed E-state index contributed by atoms with van der Waals surface area (Å²) >= 11 is 0. The molecule has 1 N–H and O–H groups in total. The Hall–Kier alpha value is -2.10. The molecule has 0 radical (unpaired) electrons. The van der Waals surface area contributed by atoms with Crippen LogP contribution in [-0.2, 0) is 0 Å². The van der Waals surface area contributed by atoms with Crippen molar-refractivity contribution in [3.05, 3.63) is 36.2 Å². The highest BCUT2D eigenvalue weighted by Crippen LogP contribution is 2.29. The van der Waals surface area contributed by atoms with Crippen LogP contribution < -0.4 is 4.74 Å². The lowest BCUT2D eigenvalue weighted by molar-refractivity contribution is 0.380. The molecule has 0 unspecified atom stereocenters. The summed E-state index contributed by atoms with van der Waals surface area (Å²) in [5.74, 6) is 0.230. The van der Waals surface area contributed by atoms with Gasteiger partial charge in [0.15, 0.2) is 0 Å². The van der Waals surface area contributed by atoms with Crippen LogP contribution in [0.4, 0.5) is 0 Å². The van der Waals surface area contributed by atoms with Gasteiger partial charge in [-0.1, -0.05) is 12.1 Å². The second-order valence-corrected chi connectivity index (χ2v) is 3.48. The molecule has 1 heterocycles. The number of aromatic nitrogens is 2. The predicted octanol–water partition coefficient (Wildman–Crippen LogP) is 2.17. The standard InChI is InChI=1S/C12H12N2O2/c1-8-3-4-10(11(15)5-8)9-6-13-12(16-2)14-7-9/h3-7,15H,1-2H3. The first-order chi connectivity index (χ1) is 7.70. The molecule has 1 aromatic heterocycles. The maximum absolute atomic E-state index is 9.78. The third kappa shape index (κ3) is 1.95. The summed E-state index contributed by atoms with van der Waals surface area (Å²) < 4.78 is 4.87. The third-order valence-corrected chi connectivity index (χ3v) is 2.27. The normalized spacial score (nSPS) is 10.1. The Morgan fingerprint density at radius 1 is 1.19 bits per heavy atom. The fourth-order valence-corrected chi connectivity index (χ4v) is 1.45. The first-order valence-corrected chi connectivity index (χ1v) is 4.86. The van der Waals surface area contributed by atoms with Gasteiger partial charge in [-0.2, -0.15) is 0 Å². The minimum Gasteiger partial charge on any atom is -0.507 e. The van der Waals surface area contributed by atoms with E-state index in [-0.39, 0.29) is 5.75 Å². The van der Waals surface area contributed by atoms with Crippen LogP contribution in [0, 0.1) is 6.92 Å². The lowest BCUT2D eigenvalue weighted by Crippen LogP contribution is -1.91. The Morgan fingerprint density at radius 3 is 2.44 bits per heavy atom. The van der Waals surface area contributed by atoms with E-state index in [2.05, 4.69) is 9.97 Å². The molecule has 0 saturated heterocycles. The van der Waals surface area contributed by atoms with Gasteiger partial charge in [0, 0.05) is 23.5 Å². The maximum Gasteiger partial charge on any atom is 0.316 e. The summed E-state index contributed by atoms with van der Waals surface area (Å²) in [6, 6.07) is 5.80. The molecule has 0 aliphatic rings. The zero-order valence-corrected chi connectivity index (χ0v) is 9.14. The number of aromatic hydroxyl groups is 1. The number of methoxy groups -OCH3 is 1. The van der Waals surface area contributed by atoms with Gasteiger partial charge in [0.05, 0.1) is 7.11 Å². The van der Waals surface area contributed by atoms with E-state index in [9.17, 15) is 5.11 Å². The highest BCUT2D eigenvalue weighted by molar-refractivity contribution is 5.69. The predicted molar refractivity (Wildman–Crippen MR) is 60.4 cm³/mol. The van der Waals surface area contributed by atoms with E-state index in [0.717, 1.165) is 11.1 Å². The molecule has 4 nitrogen and oxygen atoms in total. The smallest absolute Gasteiger partial charge is 0.316 e. The minimum absolute atomic E-state index is 0.230. The van der Waals surface area contributed by atoms with Gasteiger partial charge in [-0.05, 0) is 18.6 Å². The molecule has 0 fully saturated rings. The van der Waals surface area contributed by atoms with Crippen LogP contribution in [0.2, 0.25) is 0 Å². The zero-order valence-electron chi connectivity index (χ0n) is 9.14. The molecule has 0 bridgehead atoms. The number of hydrogen-bond donors (Lipinski definition) is 1. The summed E-state index contributed by atoms with van der Waals surface area (Å²) in [5.41, 5.74) is 2.49. The molecule has 0 aliphatic heterocycles. The van der Waals surface area contributed by atoms with Gasteiger partial charge in [-0.25, -0.2) is 9.97 Å². The van der Waals surface area contributed by atoms with Crippen molar-refractivity contribution in [2.75, 3.05) is 7.11 Å². The van der Waals surface area contributed by atoms with E-state index in [1.54, 1.807) is 18.5 Å². The van der Waals surface area contributed by atoms with Crippen LogP contribution in [0.15, 0.2) is 30.6 Å². The molecule has 0 amide bonds. The average Bonchev–Trinajstić information content (AvgIpc) is 2.29. The highest BCUT2D eigenvalue weighted by Gasteiger charge is 2.05. The quantitative estimate of drug-likeness (QED) is 0.835. The molecule has 2 rings (SSSR count). The largest absolute Gasteiger partial charge is 0.507 e. The van der Waals surface area contributed by atoms with E-state index < -0.39 is 0 Å². The number of aryl methyl sites for hydroxylation is 1. The topological polar surface area (TPSA) is 55.2 Å². The Labute approximate surface area is 93.6 Å². The number of phenols is 1. The molecular weight excluding hydrogens is 204 g/mol. The van der Waals surface area contributed by atoms with Crippen molar-refractivity contribution in [3.63, 3.8) is 0 Å². The van der Waals surface area contributed by atoms with E-state index in [0.29, 0.717) is 11.6 Å². The molecule has 0 spiro atoms. The van der Waals surface area contributed by atoms with Crippen molar-refractivity contribution in [2.24, 2.45) is 0 Å². The van der Waals surface area contributed by atoms with Crippen molar-refractivity contribution >= 4 is 0 Å². The molecular formula is C12H12N2O2. The number of nitrogens with zero attached hydrogens (tertiary/aromatic N) is 2. The highest BCUT2D eigenvalue weighted by atomic mass is 16.5. The SMILES string of the molecule is COc1ncc(-c2ccc(C)cc2O)cn1. The van der Waals surface area contributed by atoms with Gasteiger partial charge in [-0.15, -0.1) is 0 Å². The van der Waals surface area contributed by atoms with Crippen LogP contribution in [0.3, 0.4) is 0 Å². The summed E-state index contributed by atoms with van der Waals surface area (Å²) in [5, 5.41) is 9.78. The third-order valence-electron chi connectivity index (χ3n) is 2.27. The van der Waals surface area contributed by atoms with Crippen LogP contribution >= 0.6 is 0 Å². The van der Waals surface area contributed by atoms with E-state index in [1.165, 1.54) is 7.11 Å². The van der Waals surface area contributed by atoms with E-state index >= 15 is 0 Å². The van der Waals surface area contributed by atoms with Gasteiger partial charge in [0.2, 0.25) is 0 Å². The van der Waals surface area contributed by atoms with Gasteiger partial charge < -0.3 is 9.84 Å². The molecule has 0 atom stereocenters. The Morgan fingerprint density at radius 2 is 1.88 bits per heavy atom. The maximum atomic E-state index is 9.78. The van der Waals surface area contributed by atoms with Crippen LogP contribution in [0.25, 0.3) is 11.1 Å². The molecule has 0 aliphatic carbocycles. The lowest BCUT2D eigenvalue weighted by Gasteiger charge is -2.05. The zero-order chi connectivity index (χ0) is 11.5. The molecule has 16 heavy (non-hydrogen) atoms. The molecule has 4 heteroatoms. The Balaban J connectivity index is 2.42. The second kappa shape index (κ2) is 4.18. The number of rotatable bonds is 2. The summed E-state index contributed by atoms with van der Waals surface area (Å²) in [6.07, 6.45) is 3.24. The molecule has 1 aromatic carbocycles. The van der Waals surface area contributed by atoms with Gasteiger partial charge in [-0.3, -0.25) is 0 Å². The summed E-state index contributed by atoms with van der Waals surface area (Å²) in [4.78, 5) is 7.99. The Bertz CT molecular complexity index is 495. The number of benzene rings is 1. The van der Waals surface area contributed by atoms with Gasteiger partial charge in [0.25, 0.3) is 0 Å². The van der Waals surface area contributed by atoms with E-state index in [4.69, 9.17) is 4.74 Å². The number of hydrogen-bond acceptors (Lipinski definition) is 4. The second-order valence-electron chi connectivity index (χ2n) is 3.48. The summed E-state index contributed by atoms with van der Waals surface area (Å²) in [6.45, 7) is 1.92. The van der Waals surface area contributed by atoms with Crippen LogP contribution in [-0.4, -0.2) is 22.2 Å². The van der Waals surface area contributed by atoms with Crippen LogP contribution in [0.5, 0.6) is 11.8 Å². The number of phenolic OH excluding ortho intramolecular Hbond substituents is 1. The Kier molecular flexibility index (Phi) is 2.72. The van der Waals surface area contributed by atoms with Crippen molar-refractivity contribution in [1.29, 1.82) is 0 Å². The van der Waals surface area contributed by atoms with Crippen molar-refractivity contribution < 1.29 is 9.84 Å². The fraction of sp³-hybridized carbons (Fsp3) is 0.167. The molecule has 0 saturated carbocycles. The van der Waals surface area contributed by atoms with Crippen molar-refractivity contribution in [2.45, 2.75) is 6.92 Å². The van der Waals surface area contributed by atoms with Crippen LogP contribution in [0.1, 0.15) is 5.56 Å². The lowest BCUT2D eigenvalue weighted by atomic mass is 10.1. The van der Waals surface area contributed by atoms with Gasteiger partial charge in [0.1, 0.15) is 5.75 Å². The first kappa shape index (κ1) is 10.4. The van der Waals surface area contributed by atoms with E-state index in [1.807, 2.05) is 19.1 Å². The van der Waals surface area contributed by atoms with Crippen molar-refractivity contribution in [1.82, 2.24) is 9.97 Å².